The molecule has 0 atom stereocenters. The van der Waals surface area contributed by atoms with Gasteiger partial charge in [0.25, 0.3) is 0 Å². The van der Waals surface area contributed by atoms with E-state index >= 15 is 0 Å². The molecule has 0 aliphatic heterocycles. The molecule has 60 valence electrons. The quantitative estimate of drug-likeness (QED) is 0.382. The lowest BCUT2D eigenvalue weighted by Crippen LogP contribution is -1.98. The number of hydrogen-bond donors (Lipinski definition) is 1. The van der Waals surface area contributed by atoms with Crippen molar-refractivity contribution in [1.29, 1.82) is 0 Å². The largest absolute Gasteiger partial charge is 0.507 e. The summed E-state index contributed by atoms with van der Waals surface area (Å²) in [5, 5.41) is 9.24. The van der Waals surface area contributed by atoms with Crippen LogP contribution in [0.25, 0.3) is 0 Å². The van der Waals surface area contributed by atoms with Crippen LogP contribution in [0.15, 0.2) is 36.1 Å². The summed E-state index contributed by atoms with van der Waals surface area (Å²) in [7, 11) is 0. The highest BCUT2D eigenvalue weighted by Crippen LogP contribution is 2.10. The van der Waals surface area contributed by atoms with Crippen LogP contribution in [0.1, 0.15) is 13.8 Å². The third-order valence-electron chi connectivity index (χ3n) is 1.43. The fourth-order valence-electron chi connectivity index (χ4n) is 0.504. The summed E-state index contributed by atoms with van der Waals surface area (Å²) in [5.74, 6) is -0.238. The SMILES string of the molecule is C=CC(=C)/C(O)=C(\C)C(C)=O. The number of ketones is 1. The van der Waals surface area contributed by atoms with E-state index in [1.807, 2.05) is 0 Å². The highest BCUT2D eigenvalue weighted by Gasteiger charge is 2.05. The van der Waals surface area contributed by atoms with E-state index in [4.69, 9.17) is 0 Å². The Balaban J connectivity index is 4.80. The van der Waals surface area contributed by atoms with Gasteiger partial charge in [0.05, 0.1) is 0 Å². The Morgan fingerprint density at radius 3 is 2.18 bits per heavy atom. The van der Waals surface area contributed by atoms with E-state index in [2.05, 4.69) is 13.2 Å². The summed E-state index contributed by atoms with van der Waals surface area (Å²) in [6.45, 7) is 9.86. The number of Topliss-reactive ketones (excluding diaryl/α,β-unsaturated/α-hetero) is 1. The summed E-state index contributed by atoms with van der Waals surface area (Å²) in [4.78, 5) is 10.7. The molecular formula is C9H12O2. The van der Waals surface area contributed by atoms with Crippen LogP contribution in [-0.4, -0.2) is 10.9 Å². The van der Waals surface area contributed by atoms with Crippen molar-refractivity contribution in [2.24, 2.45) is 0 Å². The number of aliphatic hydroxyl groups excluding tert-OH is 1. The van der Waals surface area contributed by atoms with Crippen molar-refractivity contribution in [2.75, 3.05) is 0 Å². The molecule has 0 saturated heterocycles. The van der Waals surface area contributed by atoms with E-state index < -0.39 is 0 Å². The summed E-state index contributed by atoms with van der Waals surface area (Å²) in [5.41, 5.74) is 0.688. The molecule has 0 aromatic carbocycles. The van der Waals surface area contributed by atoms with Crippen LogP contribution in [0.4, 0.5) is 0 Å². The molecule has 1 N–H and O–H groups in total. The molecule has 0 spiro atoms. The summed E-state index contributed by atoms with van der Waals surface area (Å²) in [6.07, 6.45) is 1.40. The van der Waals surface area contributed by atoms with Crippen molar-refractivity contribution in [3.63, 3.8) is 0 Å². The summed E-state index contributed by atoms with van der Waals surface area (Å²) < 4.78 is 0. The normalized spacial score (nSPS) is 11.8. The molecule has 0 rings (SSSR count). The van der Waals surface area contributed by atoms with Gasteiger partial charge < -0.3 is 5.11 Å². The molecule has 0 heterocycles. The molecule has 0 amide bonds. The predicted molar refractivity (Wildman–Crippen MR) is 45.3 cm³/mol. The zero-order valence-electron chi connectivity index (χ0n) is 6.85. The molecule has 11 heavy (non-hydrogen) atoms. The average Bonchev–Trinajstić information content (AvgIpc) is 2.00. The number of rotatable bonds is 3. The molecule has 2 nitrogen and oxygen atoms in total. The molecule has 0 saturated carbocycles. The molecule has 0 bridgehead atoms. The number of carbonyl (C=O) groups is 1. The maximum atomic E-state index is 10.7. The second-order valence-electron chi connectivity index (χ2n) is 2.26. The number of carbonyl (C=O) groups excluding carboxylic acids is 1. The van der Waals surface area contributed by atoms with Gasteiger partial charge in [0, 0.05) is 11.1 Å². The van der Waals surface area contributed by atoms with E-state index in [1.54, 1.807) is 6.92 Å². The van der Waals surface area contributed by atoms with Crippen LogP contribution >= 0.6 is 0 Å². The Morgan fingerprint density at radius 1 is 1.45 bits per heavy atom. The van der Waals surface area contributed by atoms with Crippen molar-refractivity contribution < 1.29 is 9.90 Å². The van der Waals surface area contributed by atoms with Crippen molar-refractivity contribution in [3.8, 4) is 0 Å². The maximum Gasteiger partial charge on any atom is 0.159 e. The third-order valence-corrected chi connectivity index (χ3v) is 1.43. The standard InChI is InChI=1S/C9H12O2/c1-5-6(2)9(11)7(3)8(4)10/h5,11H,1-2H2,3-4H3/b9-7-. The monoisotopic (exact) mass is 152 g/mol. The van der Waals surface area contributed by atoms with Crippen LogP contribution in [0, 0.1) is 0 Å². The van der Waals surface area contributed by atoms with E-state index in [9.17, 15) is 9.90 Å². The van der Waals surface area contributed by atoms with E-state index in [-0.39, 0.29) is 11.5 Å². The number of aliphatic hydroxyl groups is 1. The van der Waals surface area contributed by atoms with Gasteiger partial charge in [0.15, 0.2) is 5.78 Å². The zero-order chi connectivity index (χ0) is 9.02. The molecular weight excluding hydrogens is 140 g/mol. The van der Waals surface area contributed by atoms with Crippen molar-refractivity contribution in [1.82, 2.24) is 0 Å². The first-order valence-corrected chi connectivity index (χ1v) is 3.23. The first-order chi connectivity index (χ1) is 5.00. The van der Waals surface area contributed by atoms with Crippen molar-refractivity contribution >= 4 is 5.78 Å². The lowest BCUT2D eigenvalue weighted by molar-refractivity contribution is -0.113. The second-order valence-corrected chi connectivity index (χ2v) is 2.26. The van der Waals surface area contributed by atoms with Gasteiger partial charge >= 0.3 is 0 Å². The van der Waals surface area contributed by atoms with Crippen LogP contribution in [0.2, 0.25) is 0 Å². The van der Waals surface area contributed by atoms with Gasteiger partial charge in [-0.05, 0) is 13.8 Å². The number of allylic oxidation sites excluding steroid dienone is 2. The van der Waals surface area contributed by atoms with Gasteiger partial charge in [-0.2, -0.15) is 0 Å². The van der Waals surface area contributed by atoms with Crippen LogP contribution < -0.4 is 0 Å². The Morgan fingerprint density at radius 2 is 1.91 bits per heavy atom. The number of hydrogen-bond acceptors (Lipinski definition) is 2. The van der Waals surface area contributed by atoms with Crippen LogP contribution in [0.3, 0.4) is 0 Å². The summed E-state index contributed by atoms with van der Waals surface area (Å²) >= 11 is 0. The van der Waals surface area contributed by atoms with Crippen LogP contribution in [-0.2, 0) is 4.79 Å². The third kappa shape index (κ3) is 2.42. The van der Waals surface area contributed by atoms with Gasteiger partial charge in [0.2, 0.25) is 0 Å². The fourth-order valence-corrected chi connectivity index (χ4v) is 0.504. The highest BCUT2D eigenvalue weighted by molar-refractivity contribution is 5.93. The maximum absolute atomic E-state index is 10.7. The van der Waals surface area contributed by atoms with Gasteiger partial charge in [-0.15, -0.1) is 0 Å². The topological polar surface area (TPSA) is 37.3 Å². The van der Waals surface area contributed by atoms with Crippen molar-refractivity contribution in [2.45, 2.75) is 13.8 Å². The van der Waals surface area contributed by atoms with Gasteiger partial charge in [0.1, 0.15) is 5.76 Å². The molecule has 0 radical (unpaired) electrons. The van der Waals surface area contributed by atoms with Gasteiger partial charge in [-0.3, -0.25) is 4.79 Å². The van der Waals surface area contributed by atoms with E-state index in [0.29, 0.717) is 11.1 Å². The molecule has 2 heteroatoms. The van der Waals surface area contributed by atoms with Crippen LogP contribution in [0.5, 0.6) is 0 Å². The van der Waals surface area contributed by atoms with Gasteiger partial charge in [-0.25, -0.2) is 0 Å². The molecule has 0 aromatic heterocycles. The minimum Gasteiger partial charge on any atom is -0.507 e. The van der Waals surface area contributed by atoms with E-state index in [1.165, 1.54) is 13.0 Å². The van der Waals surface area contributed by atoms with Crippen molar-refractivity contribution in [3.05, 3.63) is 36.1 Å². The Hall–Kier alpha value is -1.31. The minimum atomic E-state index is -0.162. The lowest BCUT2D eigenvalue weighted by atomic mass is 10.1. The van der Waals surface area contributed by atoms with E-state index in [0.717, 1.165) is 0 Å². The second kappa shape index (κ2) is 3.76. The highest BCUT2D eigenvalue weighted by atomic mass is 16.3. The molecule has 0 fully saturated rings. The first kappa shape index (κ1) is 9.69. The molecule has 0 aliphatic rings. The molecule has 0 unspecified atom stereocenters. The first-order valence-electron chi connectivity index (χ1n) is 3.23. The Labute approximate surface area is 66.5 Å². The average molecular weight is 152 g/mol. The van der Waals surface area contributed by atoms with Gasteiger partial charge in [-0.1, -0.05) is 19.2 Å². The summed E-state index contributed by atoms with van der Waals surface area (Å²) in [6, 6.07) is 0. The smallest absolute Gasteiger partial charge is 0.159 e. The molecule has 0 aromatic rings. The minimum absolute atomic E-state index is 0.0764. The zero-order valence-corrected chi connectivity index (χ0v) is 6.85. The molecule has 0 aliphatic carbocycles. The predicted octanol–water partition coefficient (Wildman–Crippen LogP) is 2.15. The fraction of sp³-hybridized carbons (Fsp3) is 0.222. The Kier molecular flexibility index (Phi) is 3.31. The lowest BCUT2D eigenvalue weighted by Gasteiger charge is -2.01. The Bertz CT molecular complexity index is 234.